The monoisotopic (exact) mass is 421 g/mol. The average molecular weight is 422 g/mol. The van der Waals surface area contributed by atoms with Crippen LogP contribution in [-0.2, 0) is 16.9 Å². The Morgan fingerprint density at radius 3 is 2.69 bits per heavy atom. The fraction of sp³-hybridized carbons (Fsp3) is 0.185. The number of aromatic nitrogens is 3. The topological polar surface area (TPSA) is 48.5 Å². The summed E-state index contributed by atoms with van der Waals surface area (Å²) in [6, 6.07) is 20.2. The number of carbonyl (C=O) groups is 1. The van der Waals surface area contributed by atoms with Gasteiger partial charge < -0.3 is 13.7 Å². The second kappa shape index (κ2) is 6.57. The van der Waals surface area contributed by atoms with E-state index in [-0.39, 0.29) is 5.97 Å². The van der Waals surface area contributed by atoms with Crippen molar-refractivity contribution in [1.82, 2.24) is 14.0 Å². The molecule has 1 aliphatic heterocycles. The van der Waals surface area contributed by atoms with Gasteiger partial charge in [0, 0.05) is 46.6 Å². The molecule has 0 radical (unpaired) electrons. The van der Waals surface area contributed by atoms with E-state index in [2.05, 4.69) is 60.1 Å². The largest absolute Gasteiger partial charge is 0.437 e. The lowest BCUT2D eigenvalue weighted by molar-refractivity contribution is 0.0228. The Balaban J connectivity index is 1.85. The van der Waals surface area contributed by atoms with Crippen LogP contribution in [0.2, 0.25) is 0 Å². The Morgan fingerprint density at radius 2 is 1.84 bits per heavy atom. The summed E-state index contributed by atoms with van der Waals surface area (Å²) in [5.74, 6) is -0.342. The highest BCUT2D eigenvalue weighted by molar-refractivity contribution is 5.98. The molecule has 6 rings (SSSR count). The molecule has 1 aliphatic rings. The minimum Gasteiger partial charge on any atom is -0.437 e. The van der Waals surface area contributed by atoms with Crippen molar-refractivity contribution in [1.29, 1.82) is 0 Å². The number of esters is 1. The number of cyclic esters (lactones) is 1. The van der Waals surface area contributed by atoms with Crippen LogP contribution in [0.4, 0.5) is 0 Å². The fourth-order valence-electron chi connectivity index (χ4n) is 5.53. The number of carbonyl (C=O) groups excluding carboxylic acids is 1. The molecule has 5 heterocycles. The van der Waals surface area contributed by atoms with Crippen LogP contribution < -0.4 is 0 Å². The predicted molar refractivity (Wildman–Crippen MR) is 124 cm³/mol. The third-order valence-corrected chi connectivity index (χ3v) is 6.71. The Kier molecular flexibility index (Phi) is 3.87. The molecule has 0 aliphatic carbocycles. The number of para-hydroxylation sites is 1. The van der Waals surface area contributed by atoms with Gasteiger partial charge >= 0.3 is 5.97 Å². The van der Waals surface area contributed by atoms with Crippen molar-refractivity contribution in [3.05, 3.63) is 107 Å². The second-order valence-electron chi connectivity index (χ2n) is 8.36. The highest BCUT2D eigenvalue weighted by Crippen LogP contribution is 2.51. The second-order valence-corrected chi connectivity index (χ2v) is 8.36. The zero-order chi connectivity index (χ0) is 22.0. The van der Waals surface area contributed by atoms with Crippen molar-refractivity contribution in [3.63, 3.8) is 0 Å². The van der Waals surface area contributed by atoms with E-state index >= 15 is 0 Å². The van der Waals surface area contributed by atoms with E-state index in [9.17, 15) is 4.79 Å². The van der Waals surface area contributed by atoms with Gasteiger partial charge in [-0.15, -0.1) is 0 Å². The third kappa shape index (κ3) is 2.23. The highest BCUT2D eigenvalue weighted by Gasteiger charge is 2.54. The summed E-state index contributed by atoms with van der Waals surface area (Å²) >= 11 is 0. The molecule has 0 spiro atoms. The number of pyridine rings is 2. The van der Waals surface area contributed by atoms with Crippen molar-refractivity contribution >= 4 is 22.4 Å². The van der Waals surface area contributed by atoms with Crippen LogP contribution >= 0.6 is 0 Å². The van der Waals surface area contributed by atoms with Gasteiger partial charge in [-0.2, -0.15) is 0 Å². The Bertz CT molecular complexity index is 1540. The van der Waals surface area contributed by atoms with Crippen molar-refractivity contribution in [3.8, 4) is 0 Å². The summed E-state index contributed by atoms with van der Waals surface area (Å²) in [5, 5.41) is 1.07. The van der Waals surface area contributed by atoms with Gasteiger partial charge in [-0.1, -0.05) is 24.3 Å². The molecule has 158 valence electrons. The van der Waals surface area contributed by atoms with E-state index in [4.69, 9.17) is 9.72 Å². The van der Waals surface area contributed by atoms with Gasteiger partial charge in [0.2, 0.25) is 5.60 Å². The predicted octanol–water partition coefficient (Wildman–Crippen LogP) is 5.39. The maximum atomic E-state index is 13.2. The first kappa shape index (κ1) is 18.9. The summed E-state index contributed by atoms with van der Waals surface area (Å²) in [5.41, 5.74) is 6.23. The van der Waals surface area contributed by atoms with Gasteiger partial charge in [-0.05, 0) is 62.7 Å². The first-order chi connectivity index (χ1) is 15.6. The first-order valence-corrected chi connectivity index (χ1v) is 10.9. The van der Waals surface area contributed by atoms with Gasteiger partial charge in [-0.25, -0.2) is 4.79 Å². The van der Waals surface area contributed by atoms with Crippen LogP contribution in [0.25, 0.3) is 16.4 Å². The number of hydrogen-bond acceptors (Lipinski definition) is 3. The molecular weight excluding hydrogens is 398 g/mol. The van der Waals surface area contributed by atoms with E-state index in [0.29, 0.717) is 11.3 Å². The zero-order valence-corrected chi connectivity index (χ0v) is 18.3. The minimum absolute atomic E-state index is 0.342. The third-order valence-electron chi connectivity index (χ3n) is 6.71. The van der Waals surface area contributed by atoms with E-state index in [0.717, 1.165) is 45.5 Å². The molecule has 0 bridgehead atoms. The van der Waals surface area contributed by atoms with Crippen molar-refractivity contribution in [2.45, 2.75) is 32.9 Å². The standard InChI is InChI=1S/C27H23N3O2/c1-4-29-18(3)23(20-11-5-6-13-22(20)29)27(24-21(26(31)32-27)12-9-14-28-24)25-17(2)16-19-10-7-8-15-30(19)25/h5-16H,4H2,1-3H3. The van der Waals surface area contributed by atoms with Gasteiger partial charge in [0.25, 0.3) is 0 Å². The molecule has 0 amide bonds. The summed E-state index contributed by atoms with van der Waals surface area (Å²) < 4.78 is 10.9. The van der Waals surface area contributed by atoms with E-state index in [1.54, 1.807) is 12.3 Å². The lowest BCUT2D eigenvalue weighted by Gasteiger charge is -2.30. The molecule has 0 saturated heterocycles. The maximum absolute atomic E-state index is 13.2. The minimum atomic E-state index is -1.14. The molecule has 32 heavy (non-hydrogen) atoms. The number of hydrogen-bond donors (Lipinski definition) is 0. The van der Waals surface area contributed by atoms with E-state index in [1.807, 2.05) is 30.5 Å². The van der Waals surface area contributed by atoms with Crippen molar-refractivity contribution in [2.75, 3.05) is 0 Å². The first-order valence-electron chi connectivity index (χ1n) is 10.9. The maximum Gasteiger partial charge on any atom is 0.341 e. The SMILES string of the molecule is CCn1c(C)c(C2(c3c(C)cc4ccccn34)OC(=O)c3cccnc32)c2ccccc21. The highest BCUT2D eigenvalue weighted by atomic mass is 16.6. The summed E-state index contributed by atoms with van der Waals surface area (Å²) in [7, 11) is 0. The molecule has 0 N–H and O–H groups in total. The molecule has 5 nitrogen and oxygen atoms in total. The van der Waals surface area contributed by atoms with Crippen LogP contribution in [0.1, 0.15) is 45.5 Å². The quantitative estimate of drug-likeness (QED) is 0.367. The molecule has 1 aromatic carbocycles. The number of fused-ring (bicyclic) bond motifs is 3. The lowest BCUT2D eigenvalue weighted by atomic mass is 9.83. The Morgan fingerprint density at radius 1 is 1.03 bits per heavy atom. The van der Waals surface area contributed by atoms with Crippen molar-refractivity contribution in [2.24, 2.45) is 0 Å². The van der Waals surface area contributed by atoms with Gasteiger partial charge in [0.15, 0.2) is 0 Å². The van der Waals surface area contributed by atoms with Gasteiger partial charge in [0.1, 0.15) is 5.69 Å². The average Bonchev–Trinajstić information content (AvgIpc) is 3.40. The molecular formula is C27H23N3O2. The van der Waals surface area contributed by atoms with Crippen LogP contribution in [0.3, 0.4) is 0 Å². The number of ether oxygens (including phenoxy) is 1. The van der Waals surface area contributed by atoms with Gasteiger partial charge in [-0.3, -0.25) is 4.98 Å². The number of benzene rings is 1. The number of nitrogens with zero attached hydrogens (tertiary/aromatic N) is 3. The molecule has 1 atom stereocenters. The molecule has 0 fully saturated rings. The summed E-state index contributed by atoms with van der Waals surface area (Å²) in [6.07, 6.45) is 3.78. The fourth-order valence-corrected chi connectivity index (χ4v) is 5.53. The van der Waals surface area contributed by atoms with Crippen LogP contribution in [0.15, 0.2) is 73.1 Å². The summed E-state index contributed by atoms with van der Waals surface area (Å²) in [6.45, 7) is 7.15. The lowest BCUT2D eigenvalue weighted by Crippen LogP contribution is -2.33. The number of aryl methyl sites for hydroxylation is 2. The van der Waals surface area contributed by atoms with Crippen LogP contribution in [0, 0.1) is 13.8 Å². The van der Waals surface area contributed by atoms with Gasteiger partial charge in [0.05, 0.1) is 11.3 Å². The molecule has 5 aromatic rings. The smallest absolute Gasteiger partial charge is 0.341 e. The van der Waals surface area contributed by atoms with E-state index in [1.165, 1.54) is 0 Å². The molecule has 1 unspecified atom stereocenters. The number of rotatable bonds is 3. The van der Waals surface area contributed by atoms with E-state index < -0.39 is 5.60 Å². The van der Waals surface area contributed by atoms with Crippen molar-refractivity contribution < 1.29 is 9.53 Å². The Labute approximate surface area is 185 Å². The summed E-state index contributed by atoms with van der Waals surface area (Å²) in [4.78, 5) is 18.0. The van der Waals surface area contributed by atoms with Crippen LogP contribution in [0.5, 0.6) is 0 Å². The molecule has 4 aromatic heterocycles. The Hall–Kier alpha value is -3.86. The molecule has 0 saturated carbocycles. The zero-order valence-electron chi connectivity index (χ0n) is 18.3. The van der Waals surface area contributed by atoms with Crippen LogP contribution in [-0.4, -0.2) is 19.9 Å². The normalized spacial score (nSPS) is 17.8. The molecule has 5 heteroatoms.